The predicted octanol–water partition coefficient (Wildman–Crippen LogP) is 6.46. The molecule has 0 saturated heterocycles. The molecule has 2 aromatic carbocycles. The molecule has 3 heteroatoms. The van der Waals surface area contributed by atoms with E-state index >= 15 is 0 Å². The Morgan fingerprint density at radius 3 is 2.08 bits per heavy atom. The highest BCUT2D eigenvalue weighted by atomic mass is 16.5. The first-order valence-electron chi connectivity index (χ1n) is 9.89. The molecule has 2 rings (SSSR count). The summed E-state index contributed by atoms with van der Waals surface area (Å²) >= 11 is 0. The highest BCUT2D eigenvalue weighted by Gasteiger charge is 2.06. The normalized spacial score (nSPS) is 10.5. The third-order valence-corrected chi connectivity index (χ3v) is 4.41. The standard InChI is InChI=1S/C23H31NO2/c1-2-3-4-5-6-7-8-12-19-26-22-17-15-20(16-18-22)23(25)24-21-13-10-9-11-14-21/h9-11,13-18H,2-8,12,19H2,1H3,(H,24,25). The molecule has 26 heavy (non-hydrogen) atoms. The van der Waals surface area contributed by atoms with Gasteiger partial charge in [-0.05, 0) is 42.8 Å². The number of amides is 1. The first-order valence-corrected chi connectivity index (χ1v) is 9.89. The Kier molecular flexibility index (Phi) is 9.34. The minimum atomic E-state index is -0.106. The van der Waals surface area contributed by atoms with Gasteiger partial charge in [0.2, 0.25) is 0 Å². The second-order valence-corrected chi connectivity index (χ2v) is 6.67. The summed E-state index contributed by atoms with van der Waals surface area (Å²) in [6.07, 6.45) is 10.4. The van der Waals surface area contributed by atoms with E-state index in [1.807, 2.05) is 42.5 Å². The highest BCUT2D eigenvalue weighted by molar-refractivity contribution is 6.04. The topological polar surface area (TPSA) is 38.3 Å². The summed E-state index contributed by atoms with van der Waals surface area (Å²) in [7, 11) is 0. The number of ether oxygens (including phenoxy) is 1. The van der Waals surface area contributed by atoms with Gasteiger partial charge >= 0.3 is 0 Å². The number of carbonyl (C=O) groups is 1. The zero-order chi connectivity index (χ0) is 18.5. The minimum Gasteiger partial charge on any atom is -0.494 e. The maximum absolute atomic E-state index is 12.2. The van der Waals surface area contributed by atoms with Gasteiger partial charge in [0.25, 0.3) is 5.91 Å². The average Bonchev–Trinajstić information content (AvgIpc) is 2.68. The molecule has 3 nitrogen and oxygen atoms in total. The maximum atomic E-state index is 12.2. The van der Waals surface area contributed by atoms with Crippen molar-refractivity contribution in [3.63, 3.8) is 0 Å². The summed E-state index contributed by atoms with van der Waals surface area (Å²) in [6.45, 7) is 2.99. The smallest absolute Gasteiger partial charge is 0.255 e. The largest absolute Gasteiger partial charge is 0.494 e. The van der Waals surface area contributed by atoms with Crippen LogP contribution in [0.4, 0.5) is 5.69 Å². The van der Waals surface area contributed by atoms with Crippen LogP contribution in [0.25, 0.3) is 0 Å². The van der Waals surface area contributed by atoms with Crippen molar-refractivity contribution in [2.24, 2.45) is 0 Å². The lowest BCUT2D eigenvalue weighted by Crippen LogP contribution is -2.11. The molecule has 0 atom stereocenters. The third-order valence-electron chi connectivity index (χ3n) is 4.41. The number of nitrogens with one attached hydrogen (secondary N) is 1. The van der Waals surface area contributed by atoms with Gasteiger partial charge in [-0.3, -0.25) is 4.79 Å². The van der Waals surface area contributed by atoms with Crippen molar-refractivity contribution in [2.45, 2.75) is 58.3 Å². The van der Waals surface area contributed by atoms with Crippen molar-refractivity contribution in [3.8, 4) is 5.75 Å². The van der Waals surface area contributed by atoms with Crippen LogP contribution in [-0.2, 0) is 0 Å². The van der Waals surface area contributed by atoms with E-state index in [0.29, 0.717) is 5.56 Å². The zero-order valence-corrected chi connectivity index (χ0v) is 15.9. The van der Waals surface area contributed by atoms with Gasteiger partial charge in [-0.15, -0.1) is 0 Å². The molecule has 0 aromatic heterocycles. The van der Waals surface area contributed by atoms with Gasteiger partial charge in [0.15, 0.2) is 0 Å². The lowest BCUT2D eigenvalue weighted by atomic mass is 10.1. The van der Waals surface area contributed by atoms with Crippen molar-refractivity contribution in [2.75, 3.05) is 11.9 Å². The Morgan fingerprint density at radius 1 is 0.808 bits per heavy atom. The van der Waals surface area contributed by atoms with Gasteiger partial charge in [-0.25, -0.2) is 0 Å². The molecule has 0 radical (unpaired) electrons. The van der Waals surface area contributed by atoms with Gasteiger partial charge in [0.05, 0.1) is 6.61 Å². The number of rotatable bonds is 12. The quantitative estimate of drug-likeness (QED) is 0.445. The van der Waals surface area contributed by atoms with Crippen LogP contribution in [-0.4, -0.2) is 12.5 Å². The molecular weight excluding hydrogens is 322 g/mol. The number of hydrogen-bond donors (Lipinski definition) is 1. The fraction of sp³-hybridized carbons (Fsp3) is 0.435. The molecule has 0 spiro atoms. The van der Waals surface area contributed by atoms with Gasteiger partial charge in [-0.2, -0.15) is 0 Å². The lowest BCUT2D eigenvalue weighted by molar-refractivity contribution is 0.102. The monoisotopic (exact) mass is 353 g/mol. The Balaban J connectivity index is 1.62. The van der Waals surface area contributed by atoms with Crippen molar-refractivity contribution in [1.29, 1.82) is 0 Å². The molecule has 0 aliphatic heterocycles. The summed E-state index contributed by atoms with van der Waals surface area (Å²) in [5.74, 6) is 0.718. The van der Waals surface area contributed by atoms with Crippen LogP contribution in [0.15, 0.2) is 54.6 Å². The number of carbonyl (C=O) groups excluding carboxylic acids is 1. The molecule has 0 bridgehead atoms. The first-order chi connectivity index (χ1) is 12.8. The predicted molar refractivity (Wildman–Crippen MR) is 109 cm³/mol. The van der Waals surface area contributed by atoms with Gasteiger partial charge in [0.1, 0.15) is 5.75 Å². The molecule has 1 amide bonds. The third kappa shape index (κ3) is 7.73. The SMILES string of the molecule is CCCCCCCCCCOc1ccc(C(=O)Nc2ccccc2)cc1. The molecule has 1 N–H and O–H groups in total. The molecule has 0 saturated carbocycles. The second kappa shape index (κ2) is 12.1. The van der Waals surface area contributed by atoms with Crippen LogP contribution < -0.4 is 10.1 Å². The molecule has 0 aliphatic rings. The van der Waals surface area contributed by atoms with Crippen LogP contribution >= 0.6 is 0 Å². The van der Waals surface area contributed by atoms with Crippen molar-refractivity contribution >= 4 is 11.6 Å². The van der Waals surface area contributed by atoms with E-state index in [2.05, 4.69) is 12.2 Å². The summed E-state index contributed by atoms with van der Waals surface area (Å²) in [5.41, 5.74) is 1.43. The summed E-state index contributed by atoms with van der Waals surface area (Å²) in [4.78, 5) is 12.2. The van der Waals surface area contributed by atoms with Crippen LogP contribution in [0.1, 0.15) is 68.6 Å². The molecule has 0 aliphatic carbocycles. The lowest BCUT2D eigenvalue weighted by Gasteiger charge is -2.08. The van der Waals surface area contributed by atoms with E-state index in [9.17, 15) is 4.79 Å². The minimum absolute atomic E-state index is 0.106. The highest BCUT2D eigenvalue weighted by Crippen LogP contribution is 2.15. The number of hydrogen-bond acceptors (Lipinski definition) is 2. The van der Waals surface area contributed by atoms with E-state index in [1.54, 1.807) is 12.1 Å². The maximum Gasteiger partial charge on any atom is 0.255 e. The molecule has 0 heterocycles. The van der Waals surface area contributed by atoms with E-state index in [0.717, 1.165) is 24.5 Å². The Labute approximate surface area is 157 Å². The van der Waals surface area contributed by atoms with Crippen molar-refractivity contribution in [3.05, 3.63) is 60.2 Å². The number of benzene rings is 2. The second-order valence-electron chi connectivity index (χ2n) is 6.67. The van der Waals surface area contributed by atoms with Crippen LogP contribution in [0.2, 0.25) is 0 Å². The summed E-state index contributed by atoms with van der Waals surface area (Å²) in [5, 5.41) is 2.88. The Hall–Kier alpha value is -2.29. The molecular formula is C23H31NO2. The van der Waals surface area contributed by atoms with E-state index in [-0.39, 0.29) is 5.91 Å². The van der Waals surface area contributed by atoms with E-state index in [4.69, 9.17) is 4.74 Å². The molecule has 0 fully saturated rings. The van der Waals surface area contributed by atoms with Crippen molar-refractivity contribution < 1.29 is 9.53 Å². The summed E-state index contributed by atoms with van der Waals surface area (Å²) in [6, 6.07) is 16.8. The summed E-state index contributed by atoms with van der Waals surface area (Å²) < 4.78 is 5.77. The number of unbranched alkanes of at least 4 members (excludes halogenated alkanes) is 7. The van der Waals surface area contributed by atoms with E-state index in [1.165, 1.54) is 44.9 Å². The number of anilines is 1. The fourth-order valence-electron chi connectivity index (χ4n) is 2.85. The zero-order valence-electron chi connectivity index (χ0n) is 15.9. The van der Waals surface area contributed by atoms with Gasteiger partial charge < -0.3 is 10.1 Å². The first kappa shape index (κ1) is 20.0. The molecule has 0 unspecified atom stereocenters. The van der Waals surface area contributed by atoms with Crippen LogP contribution in [0.3, 0.4) is 0 Å². The van der Waals surface area contributed by atoms with Gasteiger partial charge in [0, 0.05) is 11.3 Å². The molecule has 140 valence electrons. The van der Waals surface area contributed by atoms with Crippen LogP contribution in [0.5, 0.6) is 5.75 Å². The Bertz CT molecular complexity index is 622. The van der Waals surface area contributed by atoms with E-state index < -0.39 is 0 Å². The van der Waals surface area contributed by atoms with Gasteiger partial charge in [-0.1, -0.05) is 70.1 Å². The van der Waals surface area contributed by atoms with Crippen LogP contribution in [0, 0.1) is 0 Å². The molecule has 2 aromatic rings. The number of para-hydroxylation sites is 1. The average molecular weight is 354 g/mol. The van der Waals surface area contributed by atoms with Crippen molar-refractivity contribution in [1.82, 2.24) is 0 Å². The Morgan fingerprint density at radius 2 is 1.42 bits per heavy atom. The fourth-order valence-corrected chi connectivity index (χ4v) is 2.85.